The van der Waals surface area contributed by atoms with Crippen molar-refractivity contribution in [3.8, 4) is 0 Å². The van der Waals surface area contributed by atoms with Gasteiger partial charge in [-0.05, 0) is 25.7 Å². The van der Waals surface area contributed by atoms with Crippen molar-refractivity contribution in [3.63, 3.8) is 0 Å². The van der Waals surface area contributed by atoms with Crippen molar-refractivity contribution in [3.05, 3.63) is 0 Å². The largest absolute Gasteiger partial charge is 0.465 e. The molecule has 0 unspecified atom stereocenters. The molecule has 0 atom stereocenters. The molecule has 0 heterocycles. The highest BCUT2D eigenvalue weighted by Gasteiger charge is 2.17. The topological polar surface area (TPSA) is 52.6 Å². The molecule has 0 aromatic heterocycles. The van der Waals surface area contributed by atoms with Gasteiger partial charge in [-0.25, -0.2) is 0 Å². The lowest BCUT2D eigenvalue weighted by Gasteiger charge is -2.14. The molecule has 0 saturated carbocycles. The minimum Gasteiger partial charge on any atom is -0.465 e. The van der Waals surface area contributed by atoms with Gasteiger partial charge in [-0.2, -0.15) is 0 Å². The van der Waals surface area contributed by atoms with Crippen LogP contribution in [0.3, 0.4) is 0 Å². The highest BCUT2D eigenvalue weighted by molar-refractivity contribution is 7.57. The Morgan fingerprint density at radius 1 is 1.05 bits per heavy atom. The number of unbranched alkanes of at least 4 members (excludes halogenated alkanes) is 1. The molecule has 5 heteroatoms. The van der Waals surface area contributed by atoms with Gasteiger partial charge in [-0.1, -0.05) is 26.7 Å². The van der Waals surface area contributed by atoms with Crippen LogP contribution in [0.1, 0.15) is 52.4 Å². The molecule has 4 nitrogen and oxygen atoms in total. The van der Waals surface area contributed by atoms with Crippen LogP contribution in [0.15, 0.2) is 0 Å². The first-order valence-electron chi connectivity index (χ1n) is 7.26. The number of hydrogen-bond acceptors (Lipinski definition) is 4. The van der Waals surface area contributed by atoms with E-state index in [2.05, 4.69) is 13.8 Å². The van der Waals surface area contributed by atoms with E-state index in [1.165, 1.54) is 0 Å². The second-order valence-electron chi connectivity index (χ2n) is 5.23. The standard InChI is InChI=1S/C14H29O4P/c1-5-9-13(10-6-2)14(15)17-11-7-8-12-18-19(3,4)16/h13H,5-12H2,1-4H3. The smallest absolute Gasteiger partial charge is 0.308 e. The average molecular weight is 292 g/mol. The minimum absolute atomic E-state index is 0.0535. The molecule has 0 amide bonds. The normalized spacial score (nSPS) is 11.8. The Morgan fingerprint density at radius 2 is 1.58 bits per heavy atom. The Balaban J connectivity index is 3.69. The van der Waals surface area contributed by atoms with Gasteiger partial charge in [0.1, 0.15) is 0 Å². The maximum atomic E-state index is 11.8. The van der Waals surface area contributed by atoms with Crippen molar-refractivity contribution >= 4 is 13.3 Å². The van der Waals surface area contributed by atoms with Gasteiger partial charge in [0.2, 0.25) is 0 Å². The third-order valence-corrected chi connectivity index (χ3v) is 3.60. The maximum absolute atomic E-state index is 11.8. The van der Waals surface area contributed by atoms with Crippen molar-refractivity contribution in [2.24, 2.45) is 5.92 Å². The zero-order chi connectivity index (χ0) is 14.7. The quantitative estimate of drug-likeness (QED) is 0.327. The first kappa shape index (κ1) is 18.7. The summed E-state index contributed by atoms with van der Waals surface area (Å²) in [6.45, 7) is 8.28. The van der Waals surface area contributed by atoms with Crippen molar-refractivity contribution in [1.29, 1.82) is 0 Å². The van der Waals surface area contributed by atoms with Crippen molar-refractivity contribution in [2.45, 2.75) is 52.4 Å². The SMILES string of the molecule is CCCC(CCC)C(=O)OCCCCOP(C)(C)=O. The Bertz CT molecular complexity index is 279. The summed E-state index contributed by atoms with van der Waals surface area (Å²) in [5.41, 5.74) is 0. The van der Waals surface area contributed by atoms with Crippen LogP contribution in [0.4, 0.5) is 0 Å². The van der Waals surface area contributed by atoms with Crippen LogP contribution in [0, 0.1) is 5.92 Å². The van der Waals surface area contributed by atoms with Gasteiger partial charge in [0.25, 0.3) is 0 Å². The lowest BCUT2D eigenvalue weighted by Crippen LogP contribution is -2.18. The van der Waals surface area contributed by atoms with Gasteiger partial charge in [-0.3, -0.25) is 9.36 Å². The lowest BCUT2D eigenvalue weighted by atomic mass is 9.99. The van der Waals surface area contributed by atoms with Gasteiger partial charge in [0.05, 0.1) is 19.1 Å². The zero-order valence-electron chi connectivity index (χ0n) is 12.8. The minimum atomic E-state index is -2.37. The van der Waals surface area contributed by atoms with Crippen LogP contribution < -0.4 is 0 Å². The van der Waals surface area contributed by atoms with Gasteiger partial charge in [0.15, 0.2) is 7.37 Å². The summed E-state index contributed by atoms with van der Waals surface area (Å²) >= 11 is 0. The van der Waals surface area contributed by atoms with Crippen LogP contribution in [-0.4, -0.2) is 32.5 Å². The van der Waals surface area contributed by atoms with E-state index in [1.54, 1.807) is 13.3 Å². The van der Waals surface area contributed by atoms with E-state index in [-0.39, 0.29) is 11.9 Å². The molecule has 0 N–H and O–H groups in total. The Labute approximate surface area is 117 Å². The summed E-state index contributed by atoms with van der Waals surface area (Å²) < 4.78 is 21.7. The van der Waals surface area contributed by atoms with Gasteiger partial charge >= 0.3 is 5.97 Å². The molecule has 0 spiro atoms. The van der Waals surface area contributed by atoms with Gasteiger partial charge in [-0.15, -0.1) is 0 Å². The third kappa shape index (κ3) is 11.2. The van der Waals surface area contributed by atoms with E-state index in [0.29, 0.717) is 13.2 Å². The molecule has 0 saturated heterocycles. The molecule has 0 fully saturated rings. The molecular weight excluding hydrogens is 263 g/mol. The number of esters is 1. The number of hydrogen-bond donors (Lipinski definition) is 0. The van der Waals surface area contributed by atoms with Gasteiger partial charge < -0.3 is 9.26 Å². The molecule has 0 aromatic rings. The van der Waals surface area contributed by atoms with Crippen molar-refractivity contribution < 1.29 is 18.6 Å². The molecule has 0 aliphatic heterocycles. The summed E-state index contributed by atoms with van der Waals surface area (Å²) in [5.74, 6) is -0.0148. The first-order valence-corrected chi connectivity index (χ1v) is 9.78. The van der Waals surface area contributed by atoms with Crippen molar-refractivity contribution in [1.82, 2.24) is 0 Å². The molecule has 0 aliphatic carbocycles. The van der Waals surface area contributed by atoms with Crippen LogP contribution in [0.2, 0.25) is 0 Å². The average Bonchev–Trinajstić information content (AvgIpc) is 2.31. The van der Waals surface area contributed by atoms with E-state index in [1.807, 2.05) is 0 Å². The second-order valence-corrected chi connectivity index (χ2v) is 8.00. The first-order chi connectivity index (χ1) is 8.90. The number of ether oxygens (including phenoxy) is 1. The maximum Gasteiger partial charge on any atom is 0.308 e. The van der Waals surface area contributed by atoms with Gasteiger partial charge in [0, 0.05) is 13.3 Å². The van der Waals surface area contributed by atoms with E-state index in [4.69, 9.17) is 9.26 Å². The monoisotopic (exact) mass is 292 g/mol. The predicted molar refractivity (Wildman–Crippen MR) is 78.9 cm³/mol. The summed E-state index contributed by atoms with van der Waals surface area (Å²) in [6, 6.07) is 0. The van der Waals surface area contributed by atoms with Crippen LogP contribution in [0.25, 0.3) is 0 Å². The predicted octanol–water partition coefficient (Wildman–Crippen LogP) is 4.08. The molecule has 19 heavy (non-hydrogen) atoms. The molecule has 114 valence electrons. The molecule has 0 bridgehead atoms. The summed E-state index contributed by atoms with van der Waals surface area (Å²) in [5, 5.41) is 0. The molecule has 0 rings (SSSR count). The molecule has 0 radical (unpaired) electrons. The van der Waals surface area contributed by atoms with Crippen LogP contribution in [-0.2, 0) is 18.6 Å². The number of rotatable bonds is 11. The van der Waals surface area contributed by atoms with E-state index < -0.39 is 7.37 Å². The molecular formula is C14H29O4P. The molecule has 0 aliphatic rings. The number of carbonyl (C=O) groups is 1. The summed E-state index contributed by atoms with van der Waals surface area (Å²) in [7, 11) is -2.37. The Hall–Kier alpha value is -0.340. The highest BCUT2D eigenvalue weighted by atomic mass is 31.2. The van der Waals surface area contributed by atoms with E-state index in [0.717, 1.165) is 38.5 Å². The fourth-order valence-corrected chi connectivity index (χ4v) is 2.42. The summed E-state index contributed by atoms with van der Waals surface area (Å²) in [6.07, 6.45) is 5.36. The third-order valence-electron chi connectivity index (χ3n) is 2.79. The Kier molecular flexibility index (Phi) is 10.3. The Morgan fingerprint density at radius 3 is 2.05 bits per heavy atom. The lowest BCUT2D eigenvalue weighted by molar-refractivity contribution is -0.149. The zero-order valence-corrected chi connectivity index (χ0v) is 13.7. The molecule has 0 aromatic carbocycles. The number of carbonyl (C=O) groups excluding carboxylic acids is 1. The van der Waals surface area contributed by atoms with E-state index in [9.17, 15) is 9.36 Å². The highest BCUT2D eigenvalue weighted by Crippen LogP contribution is 2.37. The summed E-state index contributed by atoms with van der Waals surface area (Å²) in [4.78, 5) is 11.8. The van der Waals surface area contributed by atoms with Crippen LogP contribution in [0.5, 0.6) is 0 Å². The second kappa shape index (κ2) is 10.4. The fourth-order valence-electron chi connectivity index (χ4n) is 1.86. The van der Waals surface area contributed by atoms with Crippen LogP contribution >= 0.6 is 7.37 Å². The fraction of sp³-hybridized carbons (Fsp3) is 0.929. The van der Waals surface area contributed by atoms with Crippen molar-refractivity contribution in [2.75, 3.05) is 26.5 Å². The van der Waals surface area contributed by atoms with E-state index >= 15 is 0 Å².